The molecule has 0 aliphatic carbocycles. The molecule has 0 saturated heterocycles. The lowest BCUT2D eigenvalue weighted by Gasteiger charge is -2.24. The normalized spacial score (nSPS) is 12.8. The minimum atomic E-state index is -0.0927. The molecule has 0 aromatic rings. The zero-order valence-electron chi connectivity index (χ0n) is 31.8. The van der Waals surface area contributed by atoms with Crippen molar-refractivity contribution in [3.8, 4) is 0 Å². The lowest BCUT2D eigenvalue weighted by atomic mass is 9.90. The Bertz CT molecular complexity index is 677. The van der Waals surface area contributed by atoms with Crippen molar-refractivity contribution in [3.05, 3.63) is 0 Å². The van der Waals surface area contributed by atoms with E-state index in [-0.39, 0.29) is 18.5 Å². The van der Waals surface area contributed by atoms with Crippen molar-refractivity contribution in [1.29, 1.82) is 0 Å². The fourth-order valence-corrected chi connectivity index (χ4v) is 6.38. The maximum Gasteiger partial charge on any atom is 0.306 e. The number of nitrogens with one attached hydrogen (secondary N) is 1. The second-order valence-electron chi connectivity index (χ2n) is 13.9. The first-order valence-corrected chi connectivity index (χ1v) is 20.4. The average molecular weight is 669 g/mol. The van der Waals surface area contributed by atoms with E-state index in [4.69, 9.17) is 9.47 Å². The quantitative estimate of drug-likeness (QED) is 0.0503. The largest absolute Gasteiger partial charge is 0.466 e. The third kappa shape index (κ3) is 31.8. The van der Waals surface area contributed by atoms with Gasteiger partial charge < -0.3 is 24.8 Å². The summed E-state index contributed by atoms with van der Waals surface area (Å²) in [6.07, 6.45) is 27.7. The van der Waals surface area contributed by atoms with Crippen molar-refractivity contribution in [2.75, 3.05) is 46.0 Å². The Morgan fingerprint density at radius 1 is 0.574 bits per heavy atom. The van der Waals surface area contributed by atoms with E-state index in [1.54, 1.807) is 0 Å². The molecule has 0 radical (unpaired) electrons. The zero-order valence-corrected chi connectivity index (χ0v) is 31.8. The van der Waals surface area contributed by atoms with E-state index in [0.29, 0.717) is 44.6 Å². The molecule has 2 atom stereocenters. The van der Waals surface area contributed by atoms with Crippen LogP contribution in [0.2, 0.25) is 0 Å². The van der Waals surface area contributed by atoms with E-state index in [1.165, 1.54) is 77.0 Å². The number of carbonyl (C=O) groups is 2. The van der Waals surface area contributed by atoms with E-state index in [1.807, 2.05) is 0 Å². The van der Waals surface area contributed by atoms with Gasteiger partial charge in [0, 0.05) is 25.4 Å². The molecule has 7 heteroatoms. The molecule has 0 amide bonds. The Labute approximate surface area is 292 Å². The Hall–Kier alpha value is -1.18. The van der Waals surface area contributed by atoms with Crippen LogP contribution in [0, 0.1) is 5.92 Å². The van der Waals surface area contributed by atoms with Gasteiger partial charge in [-0.05, 0) is 76.9 Å². The van der Waals surface area contributed by atoms with Crippen LogP contribution in [0.4, 0.5) is 0 Å². The Morgan fingerprint density at radius 3 is 1.74 bits per heavy atom. The third-order valence-corrected chi connectivity index (χ3v) is 9.36. The van der Waals surface area contributed by atoms with Crippen molar-refractivity contribution in [1.82, 2.24) is 10.2 Å². The van der Waals surface area contributed by atoms with Gasteiger partial charge in [-0.1, -0.05) is 124 Å². The zero-order chi connectivity index (χ0) is 34.6. The maximum atomic E-state index is 12.6. The van der Waals surface area contributed by atoms with Crippen molar-refractivity contribution >= 4 is 11.9 Å². The van der Waals surface area contributed by atoms with Crippen LogP contribution in [0.15, 0.2) is 0 Å². The van der Waals surface area contributed by atoms with E-state index in [9.17, 15) is 14.7 Å². The number of aliphatic hydroxyl groups excluding tert-OH is 1. The van der Waals surface area contributed by atoms with Gasteiger partial charge in [-0.3, -0.25) is 9.59 Å². The lowest BCUT2D eigenvalue weighted by Crippen LogP contribution is -2.34. The number of hydrogen-bond donors (Lipinski definition) is 2. The highest BCUT2D eigenvalue weighted by Crippen LogP contribution is 2.23. The molecule has 2 N–H and O–H groups in total. The summed E-state index contributed by atoms with van der Waals surface area (Å²) in [6.45, 7) is 13.5. The molecule has 0 heterocycles. The number of unbranched alkanes of at least 4 members (excludes halogenated alkanes) is 13. The van der Waals surface area contributed by atoms with Crippen LogP contribution in [-0.4, -0.2) is 74.0 Å². The standard InChI is InChI=1S/C40H80N2O5/c1-5-9-12-15-16-17-18-21-34-46-39(44)26-22-30-42(32-33-43)31-23-29-41-38(24-8-4)28-27-37(25-19-13-10-6-2)36-40(45)47-35-20-14-11-7-3/h37-38,41,43H,5-36H2,1-4H3. The smallest absolute Gasteiger partial charge is 0.306 e. The molecule has 0 fully saturated rings. The summed E-state index contributed by atoms with van der Waals surface area (Å²) in [5.41, 5.74) is 0. The van der Waals surface area contributed by atoms with Gasteiger partial charge in [0.1, 0.15) is 0 Å². The second-order valence-corrected chi connectivity index (χ2v) is 13.9. The van der Waals surface area contributed by atoms with E-state index >= 15 is 0 Å². The predicted octanol–water partition coefficient (Wildman–Crippen LogP) is 9.77. The van der Waals surface area contributed by atoms with Crippen LogP contribution in [-0.2, 0) is 19.1 Å². The third-order valence-electron chi connectivity index (χ3n) is 9.36. The number of carbonyl (C=O) groups excluding carboxylic acids is 2. The van der Waals surface area contributed by atoms with Gasteiger partial charge >= 0.3 is 11.9 Å². The van der Waals surface area contributed by atoms with Crippen LogP contribution in [0.5, 0.6) is 0 Å². The molecule has 0 aromatic heterocycles. The minimum Gasteiger partial charge on any atom is -0.466 e. The fourth-order valence-electron chi connectivity index (χ4n) is 6.38. The molecule has 0 aliphatic heterocycles. The van der Waals surface area contributed by atoms with Gasteiger partial charge in [0.25, 0.3) is 0 Å². The second kappa shape index (κ2) is 36.1. The van der Waals surface area contributed by atoms with Gasteiger partial charge in [0.15, 0.2) is 0 Å². The Kier molecular flexibility index (Phi) is 35.2. The number of hydrogen-bond acceptors (Lipinski definition) is 7. The number of rotatable bonds is 37. The highest BCUT2D eigenvalue weighted by molar-refractivity contribution is 5.69. The van der Waals surface area contributed by atoms with Crippen molar-refractivity contribution in [2.45, 2.75) is 194 Å². The first-order chi connectivity index (χ1) is 23.0. The molecule has 2 unspecified atom stereocenters. The first-order valence-electron chi connectivity index (χ1n) is 20.4. The van der Waals surface area contributed by atoms with Crippen LogP contribution in [0.3, 0.4) is 0 Å². The van der Waals surface area contributed by atoms with Crippen LogP contribution in [0.1, 0.15) is 188 Å². The van der Waals surface area contributed by atoms with Crippen molar-refractivity contribution < 1.29 is 24.2 Å². The molecule has 0 spiro atoms. The number of nitrogens with zero attached hydrogens (tertiary/aromatic N) is 1. The van der Waals surface area contributed by atoms with Gasteiger partial charge in [-0.15, -0.1) is 0 Å². The Morgan fingerprint density at radius 2 is 1.13 bits per heavy atom. The monoisotopic (exact) mass is 669 g/mol. The summed E-state index contributed by atoms with van der Waals surface area (Å²) < 4.78 is 11.1. The maximum absolute atomic E-state index is 12.6. The molecular weight excluding hydrogens is 588 g/mol. The summed E-state index contributed by atoms with van der Waals surface area (Å²) >= 11 is 0. The molecular formula is C40H80N2O5. The summed E-state index contributed by atoms with van der Waals surface area (Å²) in [7, 11) is 0. The average Bonchev–Trinajstić information content (AvgIpc) is 3.06. The Balaban J connectivity index is 4.40. The minimum absolute atomic E-state index is 0.0114. The molecule has 0 saturated carbocycles. The van der Waals surface area contributed by atoms with Gasteiger partial charge in [0.05, 0.1) is 19.8 Å². The van der Waals surface area contributed by atoms with E-state index < -0.39 is 0 Å². The summed E-state index contributed by atoms with van der Waals surface area (Å²) in [4.78, 5) is 27.1. The molecule has 280 valence electrons. The first kappa shape index (κ1) is 45.8. The van der Waals surface area contributed by atoms with Crippen molar-refractivity contribution in [2.24, 2.45) is 5.92 Å². The summed E-state index contributed by atoms with van der Waals surface area (Å²) in [5.74, 6) is 0.302. The number of aliphatic hydroxyl groups is 1. The van der Waals surface area contributed by atoms with Crippen LogP contribution < -0.4 is 5.32 Å². The fraction of sp³-hybridized carbons (Fsp3) is 0.950. The predicted molar refractivity (Wildman–Crippen MR) is 199 cm³/mol. The molecule has 0 rings (SSSR count). The summed E-state index contributed by atoms with van der Waals surface area (Å²) in [5, 5.41) is 13.4. The van der Waals surface area contributed by atoms with E-state index in [2.05, 4.69) is 37.9 Å². The topological polar surface area (TPSA) is 88.1 Å². The number of esters is 2. The number of ether oxygens (including phenoxy) is 2. The van der Waals surface area contributed by atoms with E-state index in [0.717, 1.165) is 90.3 Å². The highest BCUT2D eigenvalue weighted by atomic mass is 16.5. The van der Waals surface area contributed by atoms with Crippen molar-refractivity contribution in [3.63, 3.8) is 0 Å². The van der Waals surface area contributed by atoms with Crippen LogP contribution >= 0.6 is 0 Å². The van der Waals surface area contributed by atoms with Crippen LogP contribution in [0.25, 0.3) is 0 Å². The molecule has 0 aliphatic rings. The SMILES string of the molecule is CCCCCCCCCCOC(=O)CCCN(CCO)CCCNC(CCC)CCC(CCCCCC)CC(=O)OCCCCCC. The lowest BCUT2D eigenvalue weighted by molar-refractivity contribution is -0.145. The van der Waals surface area contributed by atoms with Gasteiger partial charge in [-0.2, -0.15) is 0 Å². The van der Waals surface area contributed by atoms with Gasteiger partial charge in [-0.25, -0.2) is 0 Å². The molecule has 0 aromatic carbocycles. The van der Waals surface area contributed by atoms with Gasteiger partial charge in [0.2, 0.25) is 0 Å². The molecule has 0 bridgehead atoms. The summed E-state index contributed by atoms with van der Waals surface area (Å²) in [6, 6.07) is 0.463. The highest BCUT2D eigenvalue weighted by Gasteiger charge is 2.18. The molecule has 7 nitrogen and oxygen atoms in total. The molecule has 47 heavy (non-hydrogen) atoms.